The molecule has 0 unspecified atom stereocenters. The molecule has 0 aliphatic rings. The second kappa shape index (κ2) is 9.03. The minimum atomic E-state index is -0.304. The summed E-state index contributed by atoms with van der Waals surface area (Å²) in [5.41, 5.74) is 3.73. The monoisotopic (exact) mass is 451 g/mol. The standard InChI is InChI=1S/C26H21N5O3/c1-17(32)28-19-9-5-10-20(13-19)29-26(33)22-14-24(18-7-3-2-4-8-18)30-25-23(22)15-27-31(25)16-21-11-6-12-34-21/h2-15H,16H2,1H3,(H,28,32)(H,29,33). The molecule has 0 atom stereocenters. The van der Waals surface area contributed by atoms with Gasteiger partial charge in [0.2, 0.25) is 5.91 Å². The fourth-order valence-electron chi connectivity index (χ4n) is 3.73. The molecule has 168 valence electrons. The Morgan fingerprint density at radius 2 is 1.74 bits per heavy atom. The van der Waals surface area contributed by atoms with Crippen LogP contribution in [-0.4, -0.2) is 26.6 Å². The van der Waals surface area contributed by atoms with Gasteiger partial charge >= 0.3 is 0 Å². The summed E-state index contributed by atoms with van der Waals surface area (Å²) in [6.07, 6.45) is 3.25. The van der Waals surface area contributed by atoms with Gasteiger partial charge in [0.25, 0.3) is 5.91 Å². The average Bonchev–Trinajstić information content (AvgIpc) is 3.49. The summed E-state index contributed by atoms with van der Waals surface area (Å²) in [5.74, 6) is 0.246. The lowest BCUT2D eigenvalue weighted by atomic mass is 10.1. The highest BCUT2D eigenvalue weighted by Crippen LogP contribution is 2.26. The molecule has 0 bridgehead atoms. The van der Waals surface area contributed by atoms with Crippen LogP contribution >= 0.6 is 0 Å². The van der Waals surface area contributed by atoms with Crippen molar-refractivity contribution in [2.75, 3.05) is 10.6 Å². The topological polar surface area (TPSA) is 102 Å². The number of rotatable bonds is 6. The third kappa shape index (κ3) is 4.42. The summed E-state index contributed by atoms with van der Waals surface area (Å²) in [6.45, 7) is 1.83. The molecule has 5 aromatic rings. The lowest BCUT2D eigenvalue weighted by molar-refractivity contribution is -0.114. The summed E-state index contributed by atoms with van der Waals surface area (Å²) in [7, 11) is 0. The highest BCUT2D eigenvalue weighted by Gasteiger charge is 2.18. The van der Waals surface area contributed by atoms with Gasteiger partial charge in [-0.1, -0.05) is 36.4 Å². The molecule has 0 fully saturated rings. The smallest absolute Gasteiger partial charge is 0.256 e. The normalized spacial score (nSPS) is 10.9. The molecule has 3 heterocycles. The van der Waals surface area contributed by atoms with Gasteiger partial charge in [0.1, 0.15) is 12.3 Å². The average molecular weight is 451 g/mol. The molecule has 2 aromatic carbocycles. The van der Waals surface area contributed by atoms with E-state index in [9.17, 15) is 9.59 Å². The van der Waals surface area contributed by atoms with Crippen LogP contribution in [0, 0.1) is 0 Å². The number of hydrogen-bond donors (Lipinski definition) is 2. The van der Waals surface area contributed by atoms with E-state index in [-0.39, 0.29) is 11.8 Å². The van der Waals surface area contributed by atoms with E-state index in [1.807, 2.05) is 42.5 Å². The summed E-state index contributed by atoms with van der Waals surface area (Å²) >= 11 is 0. The number of carbonyl (C=O) groups excluding carboxylic acids is 2. The van der Waals surface area contributed by atoms with E-state index in [0.717, 1.165) is 11.3 Å². The van der Waals surface area contributed by atoms with Crippen molar-refractivity contribution in [2.45, 2.75) is 13.5 Å². The Labute approximate surface area is 195 Å². The van der Waals surface area contributed by atoms with Crippen molar-refractivity contribution in [1.82, 2.24) is 14.8 Å². The van der Waals surface area contributed by atoms with E-state index in [2.05, 4.69) is 15.7 Å². The number of anilines is 2. The first-order valence-corrected chi connectivity index (χ1v) is 10.7. The van der Waals surface area contributed by atoms with E-state index in [1.54, 1.807) is 47.5 Å². The van der Waals surface area contributed by atoms with E-state index < -0.39 is 0 Å². The van der Waals surface area contributed by atoms with Crippen molar-refractivity contribution in [3.8, 4) is 11.3 Å². The molecular formula is C26H21N5O3. The maximum absolute atomic E-state index is 13.4. The van der Waals surface area contributed by atoms with Gasteiger partial charge in [-0.15, -0.1) is 0 Å². The number of benzene rings is 2. The van der Waals surface area contributed by atoms with Crippen LogP contribution in [-0.2, 0) is 11.3 Å². The van der Waals surface area contributed by atoms with Gasteiger partial charge in [0.15, 0.2) is 5.65 Å². The third-order valence-electron chi connectivity index (χ3n) is 5.25. The van der Waals surface area contributed by atoms with Gasteiger partial charge in [0, 0.05) is 23.9 Å². The van der Waals surface area contributed by atoms with Crippen molar-refractivity contribution < 1.29 is 14.0 Å². The Balaban J connectivity index is 1.56. The molecule has 8 heteroatoms. The van der Waals surface area contributed by atoms with Crippen LogP contribution in [0.1, 0.15) is 23.0 Å². The highest BCUT2D eigenvalue weighted by molar-refractivity contribution is 6.12. The Kier molecular flexibility index (Phi) is 5.61. The van der Waals surface area contributed by atoms with Gasteiger partial charge in [0.05, 0.1) is 29.1 Å². The van der Waals surface area contributed by atoms with Crippen LogP contribution in [0.5, 0.6) is 0 Å². The number of amides is 2. The van der Waals surface area contributed by atoms with Crippen molar-refractivity contribution in [2.24, 2.45) is 0 Å². The Bertz CT molecular complexity index is 1470. The van der Waals surface area contributed by atoms with Gasteiger partial charge in [-0.25, -0.2) is 9.67 Å². The van der Waals surface area contributed by atoms with E-state index in [1.165, 1.54) is 6.92 Å². The lowest BCUT2D eigenvalue weighted by Crippen LogP contribution is -2.14. The van der Waals surface area contributed by atoms with Gasteiger partial charge in [-0.3, -0.25) is 9.59 Å². The highest BCUT2D eigenvalue weighted by atomic mass is 16.3. The van der Waals surface area contributed by atoms with Crippen molar-refractivity contribution >= 4 is 34.2 Å². The minimum Gasteiger partial charge on any atom is -0.467 e. The number of hydrogen-bond acceptors (Lipinski definition) is 5. The number of pyridine rings is 1. The number of fused-ring (bicyclic) bond motifs is 1. The number of nitrogens with one attached hydrogen (secondary N) is 2. The summed E-state index contributed by atoms with van der Waals surface area (Å²) < 4.78 is 7.19. The van der Waals surface area contributed by atoms with Crippen LogP contribution in [0.4, 0.5) is 11.4 Å². The number of aromatic nitrogens is 3. The zero-order chi connectivity index (χ0) is 23.5. The second-order valence-corrected chi connectivity index (χ2v) is 7.76. The number of nitrogens with zero attached hydrogens (tertiary/aromatic N) is 3. The zero-order valence-corrected chi connectivity index (χ0v) is 18.4. The first-order chi connectivity index (χ1) is 16.6. The number of furan rings is 1. The minimum absolute atomic E-state index is 0.184. The summed E-state index contributed by atoms with van der Waals surface area (Å²) in [4.78, 5) is 29.6. The molecule has 5 rings (SSSR count). The van der Waals surface area contributed by atoms with Crippen LogP contribution in [0.25, 0.3) is 22.3 Å². The Morgan fingerprint density at radius 3 is 2.47 bits per heavy atom. The van der Waals surface area contributed by atoms with Crippen molar-refractivity contribution in [1.29, 1.82) is 0 Å². The summed E-state index contributed by atoms with van der Waals surface area (Å²) in [6, 6.07) is 22.1. The first-order valence-electron chi connectivity index (χ1n) is 10.7. The largest absolute Gasteiger partial charge is 0.467 e. The molecule has 2 amide bonds. The number of carbonyl (C=O) groups is 2. The molecule has 0 saturated carbocycles. The molecule has 0 radical (unpaired) electrons. The molecule has 34 heavy (non-hydrogen) atoms. The molecule has 0 saturated heterocycles. The SMILES string of the molecule is CC(=O)Nc1cccc(NC(=O)c2cc(-c3ccccc3)nc3c2cnn3Cc2ccco2)c1. The van der Waals surface area contributed by atoms with E-state index >= 15 is 0 Å². The molecule has 8 nitrogen and oxygen atoms in total. The van der Waals surface area contributed by atoms with Crippen LogP contribution in [0.2, 0.25) is 0 Å². The van der Waals surface area contributed by atoms with Crippen molar-refractivity contribution in [3.05, 3.63) is 96.6 Å². The fraction of sp³-hybridized carbons (Fsp3) is 0.0769. The molecule has 2 N–H and O–H groups in total. The van der Waals surface area contributed by atoms with E-state index in [4.69, 9.17) is 9.40 Å². The van der Waals surface area contributed by atoms with Gasteiger partial charge < -0.3 is 15.1 Å². The quantitative estimate of drug-likeness (QED) is 0.380. The predicted octanol–water partition coefficient (Wildman–Crippen LogP) is 4.95. The Hall–Kier alpha value is -4.72. The van der Waals surface area contributed by atoms with Gasteiger partial charge in [-0.05, 0) is 36.4 Å². The zero-order valence-electron chi connectivity index (χ0n) is 18.4. The van der Waals surface area contributed by atoms with Crippen molar-refractivity contribution in [3.63, 3.8) is 0 Å². The molecular weight excluding hydrogens is 430 g/mol. The van der Waals surface area contributed by atoms with Gasteiger partial charge in [-0.2, -0.15) is 5.10 Å². The molecule has 3 aromatic heterocycles. The molecule has 0 aliphatic heterocycles. The van der Waals surface area contributed by atoms with Crippen LogP contribution < -0.4 is 10.6 Å². The molecule has 0 spiro atoms. The third-order valence-corrected chi connectivity index (χ3v) is 5.25. The van der Waals surface area contributed by atoms with Crippen LogP contribution in [0.3, 0.4) is 0 Å². The maximum atomic E-state index is 13.4. The lowest BCUT2D eigenvalue weighted by Gasteiger charge is -2.11. The first kappa shape index (κ1) is 21.1. The maximum Gasteiger partial charge on any atom is 0.256 e. The predicted molar refractivity (Wildman–Crippen MR) is 129 cm³/mol. The fourth-order valence-corrected chi connectivity index (χ4v) is 3.73. The van der Waals surface area contributed by atoms with E-state index in [0.29, 0.717) is 40.2 Å². The van der Waals surface area contributed by atoms with Crippen LogP contribution in [0.15, 0.2) is 89.7 Å². The summed E-state index contributed by atoms with van der Waals surface area (Å²) in [5, 5.41) is 10.7. The Morgan fingerprint density at radius 1 is 0.941 bits per heavy atom. The molecule has 0 aliphatic carbocycles. The second-order valence-electron chi connectivity index (χ2n) is 7.76.